The summed E-state index contributed by atoms with van der Waals surface area (Å²) in [5.74, 6) is -0.938. The molecule has 2 heterocycles. The number of carbonyl (C=O) groups excluding carboxylic acids is 2. The van der Waals surface area contributed by atoms with E-state index in [9.17, 15) is 28.0 Å². The van der Waals surface area contributed by atoms with Gasteiger partial charge in [0.1, 0.15) is 23.1 Å². The van der Waals surface area contributed by atoms with Gasteiger partial charge in [0, 0.05) is 22.4 Å². The summed E-state index contributed by atoms with van der Waals surface area (Å²) in [4.78, 5) is 27.6. The minimum Gasteiger partial charge on any atom is -0.495 e. The van der Waals surface area contributed by atoms with Crippen molar-refractivity contribution in [3.63, 3.8) is 0 Å². The van der Waals surface area contributed by atoms with Crippen LogP contribution in [0, 0.1) is 11.3 Å². The van der Waals surface area contributed by atoms with Gasteiger partial charge in [0.05, 0.1) is 32.4 Å². The van der Waals surface area contributed by atoms with Crippen LogP contribution in [-0.4, -0.2) is 54.0 Å². The van der Waals surface area contributed by atoms with Gasteiger partial charge in [0.15, 0.2) is 0 Å². The van der Waals surface area contributed by atoms with Crippen molar-refractivity contribution < 1.29 is 27.5 Å². The number of aromatic nitrogens is 2. The number of amides is 2. The number of benzene rings is 2. The summed E-state index contributed by atoms with van der Waals surface area (Å²) >= 11 is 0. The van der Waals surface area contributed by atoms with Crippen LogP contribution in [0.2, 0.25) is 0 Å². The van der Waals surface area contributed by atoms with Crippen LogP contribution in [0.5, 0.6) is 5.75 Å². The fourth-order valence-electron chi connectivity index (χ4n) is 4.59. The average molecular weight is 527 g/mol. The first-order valence-corrected chi connectivity index (χ1v) is 11.7. The molecule has 0 spiro atoms. The summed E-state index contributed by atoms with van der Waals surface area (Å²) in [6.07, 6.45) is -2.45. The normalized spacial score (nSPS) is 15.2. The minimum absolute atomic E-state index is 0.0552. The minimum atomic E-state index is -4.27. The molecular formula is C26H25F3N6O3. The lowest BCUT2D eigenvalue weighted by atomic mass is 9.93. The number of hydrogen-bond donors (Lipinski definition) is 2. The number of nitriles is 1. The fraction of sp³-hybridized carbons (Fsp3) is 0.308. The monoisotopic (exact) mass is 526 g/mol. The van der Waals surface area contributed by atoms with Gasteiger partial charge >= 0.3 is 6.18 Å². The molecule has 1 aliphatic heterocycles. The van der Waals surface area contributed by atoms with Gasteiger partial charge in [-0.2, -0.15) is 23.5 Å². The Morgan fingerprint density at radius 1 is 1.26 bits per heavy atom. The maximum atomic E-state index is 13.8. The summed E-state index contributed by atoms with van der Waals surface area (Å²) in [5.41, 5.74) is 7.75. The van der Waals surface area contributed by atoms with Gasteiger partial charge in [-0.1, -0.05) is 12.1 Å². The molecule has 1 aromatic heterocycles. The van der Waals surface area contributed by atoms with Crippen LogP contribution < -0.4 is 20.7 Å². The predicted octanol–water partition coefficient (Wildman–Crippen LogP) is 3.27. The van der Waals surface area contributed by atoms with Crippen molar-refractivity contribution in [1.82, 2.24) is 15.1 Å². The second kappa shape index (κ2) is 10.5. The van der Waals surface area contributed by atoms with Crippen molar-refractivity contribution in [1.29, 1.82) is 5.26 Å². The number of carbonyl (C=O) groups is 2. The summed E-state index contributed by atoms with van der Waals surface area (Å²) in [6.45, 7) is 1.31. The van der Waals surface area contributed by atoms with Crippen molar-refractivity contribution in [2.45, 2.75) is 32.1 Å². The molecule has 2 amide bonds. The zero-order valence-electron chi connectivity index (χ0n) is 20.7. The van der Waals surface area contributed by atoms with E-state index in [2.05, 4.69) is 10.4 Å². The molecule has 0 saturated carbocycles. The molecule has 3 N–H and O–H groups in total. The van der Waals surface area contributed by atoms with Gasteiger partial charge in [-0.25, -0.2) is 0 Å². The Bertz CT molecular complexity index is 1410. The number of nitrogens with zero attached hydrogens (tertiary/aromatic N) is 4. The lowest BCUT2D eigenvalue weighted by Gasteiger charge is -2.34. The van der Waals surface area contributed by atoms with E-state index in [0.29, 0.717) is 18.7 Å². The van der Waals surface area contributed by atoms with Crippen LogP contribution >= 0.6 is 0 Å². The third-order valence-electron chi connectivity index (χ3n) is 6.30. The predicted molar refractivity (Wildman–Crippen MR) is 133 cm³/mol. The Morgan fingerprint density at radius 3 is 2.58 bits per heavy atom. The van der Waals surface area contributed by atoms with Crippen molar-refractivity contribution in [3.8, 4) is 22.9 Å². The molecule has 1 aliphatic rings. The van der Waals surface area contributed by atoms with Crippen molar-refractivity contribution in [2.24, 2.45) is 5.73 Å². The maximum Gasteiger partial charge on any atom is 0.401 e. The smallest absolute Gasteiger partial charge is 0.401 e. The van der Waals surface area contributed by atoms with E-state index in [1.54, 1.807) is 29.2 Å². The highest BCUT2D eigenvalue weighted by molar-refractivity contribution is 6.12. The Labute approximate surface area is 216 Å². The quantitative estimate of drug-likeness (QED) is 0.434. The maximum absolute atomic E-state index is 13.8. The highest BCUT2D eigenvalue weighted by Crippen LogP contribution is 2.38. The topological polar surface area (TPSA) is 126 Å². The molecule has 3 aromatic rings. The summed E-state index contributed by atoms with van der Waals surface area (Å²) < 4.78 is 43.8. The number of nitrogens with one attached hydrogen (secondary N) is 1. The number of nitrogens with two attached hydrogens (primary N) is 1. The Balaban J connectivity index is 1.67. The van der Waals surface area contributed by atoms with Crippen LogP contribution in [0.1, 0.15) is 38.9 Å². The lowest BCUT2D eigenvalue weighted by molar-refractivity contribution is -0.124. The molecule has 12 heteroatoms. The Hall–Kier alpha value is -4.37. The molecule has 4 rings (SSSR count). The van der Waals surface area contributed by atoms with Gasteiger partial charge in [0.25, 0.3) is 5.91 Å². The largest absolute Gasteiger partial charge is 0.495 e. The van der Waals surface area contributed by atoms with Crippen LogP contribution in [0.4, 0.5) is 18.9 Å². The van der Waals surface area contributed by atoms with Gasteiger partial charge in [-0.3, -0.25) is 14.3 Å². The number of rotatable bonds is 8. The standard InChI is InChI=1S/C26H25F3N6O3/c1-15-13-34-23(20(12-33-34)22-18(24(31)36)7-8-21(38-2)19(22)11-30)25(37)35(15)17-5-3-16(4-6-17)9-10-32-14-26(27,28)29/h3-8,12,15,32H,9-10,13-14H2,1-2H3,(H2,31,36). The van der Waals surface area contributed by atoms with E-state index >= 15 is 0 Å². The number of hydrogen-bond acceptors (Lipinski definition) is 6. The summed E-state index contributed by atoms with van der Waals surface area (Å²) in [5, 5.41) is 16.6. The van der Waals surface area contributed by atoms with E-state index < -0.39 is 24.5 Å². The molecule has 2 aromatic carbocycles. The van der Waals surface area contributed by atoms with Gasteiger partial charge in [-0.05, 0) is 49.7 Å². The van der Waals surface area contributed by atoms with Crippen molar-refractivity contribution in [3.05, 3.63) is 65.0 Å². The molecule has 1 unspecified atom stereocenters. The molecule has 9 nitrogen and oxygen atoms in total. The number of anilines is 1. The summed E-state index contributed by atoms with van der Waals surface area (Å²) in [7, 11) is 1.39. The van der Waals surface area contributed by atoms with E-state index in [1.807, 2.05) is 13.0 Å². The molecule has 0 radical (unpaired) electrons. The van der Waals surface area contributed by atoms with Crippen LogP contribution in [0.25, 0.3) is 11.1 Å². The number of alkyl halides is 3. The number of methoxy groups -OCH3 is 1. The first-order valence-electron chi connectivity index (χ1n) is 11.7. The molecule has 0 saturated heterocycles. The molecule has 0 aliphatic carbocycles. The lowest BCUT2D eigenvalue weighted by Crippen LogP contribution is -2.47. The van der Waals surface area contributed by atoms with Gasteiger partial charge in [0.2, 0.25) is 5.91 Å². The SMILES string of the molecule is COc1ccc(C(N)=O)c(-c2cnn3c2C(=O)N(c2ccc(CCNCC(F)(F)F)cc2)C(C)C3)c1C#N. The van der Waals surface area contributed by atoms with Crippen molar-refractivity contribution in [2.75, 3.05) is 25.1 Å². The molecule has 0 bridgehead atoms. The first-order chi connectivity index (χ1) is 18.1. The molecular weight excluding hydrogens is 501 g/mol. The van der Waals surface area contributed by atoms with Crippen LogP contribution in [0.3, 0.4) is 0 Å². The third-order valence-corrected chi connectivity index (χ3v) is 6.30. The molecule has 38 heavy (non-hydrogen) atoms. The molecule has 198 valence electrons. The Kier molecular flexibility index (Phi) is 7.41. The summed E-state index contributed by atoms with van der Waals surface area (Å²) in [6, 6.07) is 11.7. The Morgan fingerprint density at radius 2 is 1.97 bits per heavy atom. The van der Waals surface area contributed by atoms with E-state index in [1.165, 1.54) is 30.1 Å². The van der Waals surface area contributed by atoms with Gasteiger partial charge in [-0.15, -0.1) is 0 Å². The van der Waals surface area contributed by atoms with Crippen molar-refractivity contribution >= 4 is 17.5 Å². The fourth-order valence-corrected chi connectivity index (χ4v) is 4.59. The molecule has 0 fully saturated rings. The van der Waals surface area contributed by atoms with Crippen LogP contribution in [-0.2, 0) is 13.0 Å². The van der Waals surface area contributed by atoms with E-state index in [0.717, 1.165) is 5.56 Å². The second-order valence-electron chi connectivity index (χ2n) is 8.86. The zero-order valence-corrected chi connectivity index (χ0v) is 20.7. The number of primary amides is 1. The number of halogens is 3. The third kappa shape index (κ3) is 5.19. The van der Waals surface area contributed by atoms with E-state index in [4.69, 9.17) is 10.5 Å². The van der Waals surface area contributed by atoms with Gasteiger partial charge < -0.3 is 20.7 Å². The number of fused-ring (bicyclic) bond motifs is 1. The van der Waals surface area contributed by atoms with E-state index in [-0.39, 0.29) is 46.3 Å². The molecule has 1 atom stereocenters. The second-order valence-corrected chi connectivity index (χ2v) is 8.86. The number of ether oxygens (including phenoxy) is 1. The highest BCUT2D eigenvalue weighted by Gasteiger charge is 2.36. The first kappa shape index (κ1) is 26.7. The zero-order chi connectivity index (χ0) is 27.6. The van der Waals surface area contributed by atoms with Crippen LogP contribution in [0.15, 0.2) is 42.6 Å². The average Bonchev–Trinajstić information content (AvgIpc) is 3.29. The highest BCUT2D eigenvalue weighted by atomic mass is 19.4.